The van der Waals surface area contributed by atoms with Crippen molar-refractivity contribution in [3.63, 3.8) is 0 Å². The summed E-state index contributed by atoms with van der Waals surface area (Å²) in [5.41, 5.74) is 0.511. The lowest BCUT2D eigenvalue weighted by Gasteiger charge is -2.25. The van der Waals surface area contributed by atoms with Crippen LogP contribution in [0.1, 0.15) is 22.9 Å². The number of furan rings is 1. The molecule has 0 aliphatic carbocycles. The number of methoxy groups -OCH3 is 2. The van der Waals surface area contributed by atoms with Crippen LogP contribution in [0.15, 0.2) is 64.8 Å². The van der Waals surface area contributed by atoms with Gasteiger partial charge in [0.2, 0.25) is 0 Å². The summed E-state index contributed by atoms with van der Waals surface area (Å²) in [4.78, 5) is 27.4. The number of aliphatic hydroxyl groups is 1. The van der Waals surface area contributed by atoms with Crippen LogP contribution in [-0.4, -0.2) is 41.0 Å². The number of ether oxygens (including phenoxy) is 2. The highest BCUT2D eigenvalue weighted by molar-refractivity contribution is 6.46. The molecule has 9 heteroatoms. The van der Waals surface area contributed by atoms with Crippen LogP contribution in [-0.2, 0) is 16.1 Å². The number of carbonyl (C=O) groups is 2. The quantitative estimate of drug-likeness (QED) is 0.315. The number of aromatic hydroxyl groups is 1. The second-order valence-corrected chi connectivity index (χ2v) is 7.69. The number of aliphatic hydroxyl groups excluding tert-OH is 1. The molecule has 0 bridgehead atoms. The smallest absolute Gasteiger partial charge is 0.296 e. The molecular formula is C24H20ClNO7. The molecule has 1 aliphatic rings. The lowest BCUT2D eigenvalue weighted by atomic mass is 9.95. The maximum atomic E-state index is 13.1. The van der Waals surface area contributed by atoms with Gasteiger partial charge in [-0.3, -0.25) is 9.59 Å². The molecule has 0 spiro atoms. The number of carbonyl (C=O) groups excluding carboxylic acids is 2. The van der Waals surface area contributed by atoms with Gasteiger partial charge in [0.05, 0.1) is 43.7 Å². The van der Waals surface area contributed by atoms with Crippen LogP contribution in [0, 0.1) is 0 Å². The predicted molar refractivity (Wildman–Crippen MR) is 119 cm³/mol. The van der Waals surface area contributed by atoms with E-state index in [-0.39, 0.29) is 29.2 Å². The highest BCUT2D eigenvalue weighted by atomic mass is 35.5. The van der Waals surface area contributed by atoms with E-state index in [4.69, 9.17) is 25.5 Å². The van der Waals surface area contributed by atoms with E-state index in [1.54, 1.807) is 18.2 Å². The van der Waals surface area contributed by atoms with Gasteiger partial charge in [-0.25, -0.2) is 0 Å². The number of rotatable bonds is 6. The van der Waals surface area contributed by atoms with Gasteiger partial charge in [0, 0.05) is 5.56 Å². The largest absolute Gasteiger partial charge is 0.507 e. The van der Waals surface area contributed by atoms with Crippen molar-refractivity contribution in [1.29, 1.82) is 0 Å². The predicted octanol–water partition coefficient (Wildman–Crippen LogP) is 4.28. The first-order valence-electron chi connectivity index (χ1n) is 9.87. The van der Waals surface area contributed by atoms with Crippen molar-refractivity contribution in [2.24, 2.45) is 0 Å². The van der Waals surface area contributed by atoms with Gasteiger partial charge >= 0.3 is 0 Å². The highest BCUT2D eigenvalue weighted by Crippen LogP contribution is 2.43. The molecule has 0 saturated carbocycles. The van der Waals surface area contributed by atoms with Crippen LogP contribution in [0.2, 0.25) is 5.02 Å². The highest BCUT2D eigenvalue weighted by Gasteiger charge is 2.46. The Bertz CT molecular complexity index is 1250. The van der Waals surface area contributed by atoms with Gasteiger partial charge in [-0.15, -0.1) is 0 Å². The van der Waals surface area contributed by atoms with E-state index in [2.05, 4.69) is 0 Å². The molecule has 1 amide bonds. The van der Waals surface area contributed by atoms with E-state index in [0.717, 1.165) is 0 Å². The van der Waals surface area contributed by atoms with Gasteiger partial charge in [0.25, 0.3) is 11.7 Å². The molecule has 1 saturated heterocycles. The number of benzene rings is 2. The maximum Gasteiger partial charge on any atom is 0.296 e. The van der Waals surface area contributed by atoms with Crippen molar-refractivity contribution in [2.75, 3.05) is 14.2 Å². The fraction of sp³-hybridized carbons (Fsp3) is 0.167. The summed E-state index contributed by atoms with van der Waals surface area (Å²) in [6.45, 7) is -0.0181. The third kappa shape index (κ3) is 4.01. The minimum atomic E-state index is -0.992. The van der Waals surface area contributed by atoms with Gasteiger partial charge in [0.1, 0.15) is 17.3 Å². The Labute approximate surface area is 194 Å². The average molecular weight is 470 g/mol. The average Bonchev–Trinajstić information content (AvgIpc) is 3.41. The SMILES string of the molecule is COc1ccc(C2/C(=C(/O)c3ccc(Cl)c(OC)c3)C(=O)C(=O)N2Cc2ccco2)cc1O. The van der Waals surface area contributed by atoms with Crippen molar-refractivity contribution in [1.82, 2.24) is 4.90 Å². The van der Waals surface area contributed by atoms with Gasteiger partial charge in [-0.2, -0.15) is 0 Å². The van der Waals surface area contributed by atoms with E-state index in [9.17, 15) is 19.8 Å². The summed E-state index contributed by atoms with van der Waals surface area (Å²) in [5, 5.41) is 21.8. The molecule has 4 rings (SSSR count). The second-order valence-electron chi connectivity index (χ2n) is 7.29. The minimum absolute atomic E-state index is 0.0181. The Hall–Kier alpha value is -3.91. The summed E-state index contributed by atoms with van der Waals surface area (Å²) in [6, 6.07) is 11.4. The Morgan fingerprint density at radius 1 is 1.09 bits per heavy atom. The molecule has 3 aromatic rings. The number of Topliss-reactive ketones (excluding diaryl/α,β-unsaturated/α-hetero) is 1. The standard InChI is InChI=1S/C24H20ClNO7/c1-31-18-8-6-13(10-17(18)27)21-20(22(28)14-5-7-16(25)19(11-14)32-2)23(29)24(30)26(21)12-15-4-3-9-33-15/h3-11,21,27-28H,12H2,1-2H3/b22-20-. The Morgan fingerprint density at radius 3 is 2.48 bits per heavy atom. The first-order chi connectivity index (χ1) is 15.8. The van der Waals surface area contributed by atoms with E-state index in [0.29, 0.717) is 22.1 Å². The number of phenolic OH excluding ortho intramolecular Hbond substituents is 1. The first-order valence-corrected chi connectivity index (χ1v) is 10.2. The van der Waals surface area contributed by atoms with Gasteiger partial charge < -0.3 is 29.0 Å². The molecule has 1 aromatic heterocycles. The molecular weight excluding hydrogens is 450 g/mol. The van der Waals surface area contributed by atoms with Crippen molar-refractivity contribution >= 4 is 29.1 Å². The number of likely N-dealkylation sites (tertiary alicyclic amines) is 1. The summed E-state index contributed by atoms with van der Waals surface area (Å²) in [6.07, 6.45) is 1.46. The van der Waals surface area contributed by atoms with Crippen LogP contribution < -0.4 is 9.47 Å². The third-order valence-electron chi connectivity index (χ3n) is 5.39. The fourth-order valence-corrected chi connectivity index (χ4v) is 3.99. The van der Waals surface area contributed by atoms with Gasteiger partial charge in [-0.05, 0) is 48.0 Å². The molecule has 33 heavy (non-hydrogen) atoms. The van der Waals surface area contributed by atoms with Crippen LogP contribution in [0.3, 0.4) is 0 Å². The van der Waals surface area contributed by atoms with Crippen molar-refractivity contribution in [3.8, 4) is 17.2 Å². The molecule has 2 heterocycles. The number of hydrogen-bond acceptors (Lipinski definition) is 7. The molecule has 1 atom stereocenters. The van der Waals surface area contributed by atoms with Crippen molar-refractivity contribution < 1.29 is 33.7 Å². The lowest BCUT2D eigenvalue weighted by Crippen LogP contribution is -2.29. The fourth-order valence-electron chi connectivity index (χ4n) is 3.80. The molecule has 8 nitrogen and oxygen atoms in total. The van der Waals surface area contributed by atoms with Gasteiger partial charge in [0.15, 0.2) is 11.5 Å². The second kappa shape index (κ2) is 8.91. The number of hydrogen-bond donors (Lipinski definition) is 2. The van der Waals surface area contributed by atoms with Gasteiger partial charge in [-0.1, -0.05) is 17.7 Å². The number of amides is 1. The zero-order valence-electron chi connectivity index (χ0n) is 17.7. The van der Waals surface area contributed by atoms with Crippen LogP contribution in [0.5, 0.6) is 17.2 Å². The summed E-state index contributed by atoms with van der Waals surface area (Å²) < 4.78 is 15.7. The van der Waals surface area contributed by atoms with E-state index >= 15 is 0 Å². The normalized spacial score (nSPS) is 17.4. The van der Waals surface area contributed by atoms with Crippen LogP contribution >= 0.6 is 11.6 Å². The zero-order chi connectivity index (χ0) is 23.7. The molecule has 1 fully saturated rings. The van der Waals surface area contributed by atoms with Crippen LogP contribution in [0.4, 0.5) is 0 Å². The molecule has 0 radical (unpaired) electrons. The number of ketones is 1. The summed E-state index contributed by atoms with van der Waals surface area (Å²) in [5.74, 6) is -1.28. The van der Waals surface area contributed by atoms with E-state index in [1.165, 1.54) is 55.7 Å². The number of phenols is 1. The first kappa shape index (κ1) is 22.3. The Kier molecular flexibility index (Phi) is 6.02. The Balaban J connectivity index is 1.89. The molecule has 2 N–H and O–H groups in total. The minimum Gasteiger partial charge on any atom is -0.507 e. The maximum absolute atomic E-state index is 13.1. The van der Waals surface area contributed by atoms with E-state index < -0.39 is 23.5 Å². The van der Waals surface area contributed by atoms with Crippen LogP contribution in [0.25, 0.3) is 5.76 Å². The van der Waals surface area contributed by atoms with Crippen molar-refractivity contribution in [2.45, 2.75) is 12.6 Å². The molecule has 170 valence electrons. The zero-order valence-corrected chi connectivity index (χ0v) is 18.5. The molecule has 1 aliphatic heterocycles. The Morgan fingerprint density at radius 2 is 1.85 bits per heavy atom. The topological polar surface area (TPSA) is 109 Å². The molecule has 1 unspecified atom stereocenters. The lowest BCUT2D eigenvalue weighted by molar-refractivity contribution is -0.140. The molecule has 2 aromatic carbocycles. The number of nitrogens with zero attached hydrogens (tertiary/aromatic N) is 1. The third-order valence-corrected chi connectivity index (χ3v) is 5.70. The monoisotopic (exact) mass is 469 g/mol. The summed E-state index contributed by atoms with van der Waals surface area (Å²) >= 11 is 6.08. The van der Waals surface area contributed by atoms with E-state index in [1.807, 2.05) is 0 Å². The van der Waals surface area contributed by atoms with Crippen molar-refractivity contribution in [3.05, 3.63) is 82.3 Å². The number of halogens is 1. The summed E-state index contributed by atoms with van der Waals surface area (Å²) in [7, 11) is 2.83.